The topological polar surface area (TPSA) is 40.5 Å². The van der Waals surface area contributed by atoms with Crippen LogP contribution in [-0.4, -0.2) is 22.9 Å². The van der Waals surface area contributed by atoms with Gasteiger partial charge in [0.2, 0.25) is 0 Å². The fraction of sp³-hybridized carbons (Fsp3) is 0.643. The molecular formula is C14H21BClNO3. The van der Waals surface area contributed by atoms with Gasteiger partial charge in [0.05, 0.1) is 11.2 Å². The molecular weight excluding hydrogens is 276 g/mol. The molecule has 0 amide bonds. The van der Waals surface area contributed by atoms with Crippen molar-refractivity contribution in [2.75, 3.05) is 0 Å². The molecule has 110 valence electrons. The van der Waals surface area contributed by atoms with E-state index in [4.69, 9.17) is 20.9 Å². The van der Waals surface area contributed by atoms with Crippen molar-refractivity contribution in [2.45, 2.75) is 58.8 Å². The quantitative estimate of drug-likeness (QED) is 0.787. The minimum atomic E-state index is -0.511. The largest absolute Gasteiger partial charge is 0.496 e. The predicted octanol–water partition coefficient (Wildman–Crippen LogP) is 2.38. The Balaban J connectivity index is 2.44. The first-order valence-electron chi connectivity index (χ1n) is 6.82. The molecule has 0 aromatic carbocycles. The SMILES string of the molecule is CC(C)n1cc(B2OC(C)(C)C(C)(C)O2)cc(Cl)c1=O. The highest BCUT2D eigenvalue weighted by atomic mass is 35.5. The van der Waals surface area contributed by atoms with Crippen LogP contribution >= 0.6 is 11.6 Å². The van der Waals surface area contributed by atoms with Crippen molar-refractivity contribution < 1.29 is 9.31 Å². The summed E-state index contributed by atoms with van der Waals surface area (Å²) in [6, 6.07) is 1.66. The Labute approximate surface area is 125 Å². The Bertz CT molecular complexity index is 564. The van der Waals surface area contributed by atoms with Crippen molar-refractivity contribution in [2.24, 2.45) is 0 Å². The van der Waals surface area contributed by atoms with Gasteiger partial charge < -0.3 is 13.9 Å². The third kappa shape index (κ3) is 2.54. The molecule has 0 radical (unpaired) electrons. The van der Waals surface area contributed by atoms with E-state index in [1.807, 2.05) is 41.5 Å². The van der Waals surface area contributed by atoms with Gasteiger partial charge in [0, 0.05) is 17.7 Å². The smallest absolute Gasteiger partial charge is 0.399 e. The van der Waals surface area contributed by atoms with Gasteiger partial charge in [0.25, 0.3) is 5.56 Å². The second-order valence-electron chi connectivity index (χ2n) is 6.52. The van der Waals surface area contributed by atoms with Crippen molar-refractivity contribution >= 4 is 24.2 Å². The van der Waals surface area contributed by atoms with Crippen LogP contribution in [0.15, 0.2) is 17.1 Å². The van der Waals surface area contributed by atoms with Gasteiger partial charge in [-0.3, -0.25) is 4.79 Å². The maximum Gasteiger partial charge on any atom is 0.496 e. The van der Waals surface area contributed by atoms with Crippen LogP contribution in [0, 0.1) is 0 Å². The molecule has 0 atom stereocenters. The summed E-state index contributed by atoms with van der Waals surface area (Å²) in [5, 5.41) is 0.186. The van der Waals surface area contributed by atoms with E-state index in [9.17, 15) is 4.79 Å². The van der Waals surface area contributed by atoms with Crippen LogP contribution in [-0.2, 0) is 9.31 Å². The number of aromatic nitrogens is 1. The van der Waals surface area contributed by atoms with E-state index in [1.54, 1.807) is 16.8 Å². The van der Waals surface area contributed by atoms with E-state index in [-0.39, 0.29) is 16.6 Å². The fourth-order valence-corrected chi connectivity index (χ4v) is 2.30. The Kier molecular flexibility index (Phi) is 3.82. The van der Waals surface area contributed by atoms with Crippen molar-refractivity contribution in [1.29, 1.82) is 0 Å². The van der Waals surface area contributed by atoms with Crippen LogP contribution in [0.5, 0.6) is 0 Å². The second-order valence-corrected chi connectivity index (χ2v) is 6.92. The second kappa shape index (κ2) is 4.90. The predicted molar refractivity (Wildman–Crippen MR) is 81.8 cm³/mol. The lowest BCUT2D eigenvalue weighted by molar-refractivity contribution is 0.00578. The molecule has 1 aromatic rings. The Morgan fingerprint density at radius 2 is 1.70 bits per heavy atom. The van der Waals surface area contributed by atoms with Crippen molar-refractivity contribution in [3.8, 4) is 0 Å². The normalized spacial score (nSPS) is 20.7. The molecule has 1 saturated heterocycles. The molecule has 0 N–H and O–H groups in total. The first-order chi connectivity index (χ1) is 9.05. The maximum atomic E-state index is 12.0. The lowest BCUT2D eigenvalue weighted by atomic mass is 9.80. The minimum absolute atomic E-state index is 0.0300. The third-order valence-electron chi connectivity index (χ3n) is 4.10. The van der Waals surface area contributed by atoms with Gasteiger partial charge in [-0.05, 0) is 47.6 Å². The summed E-state index contributed by atoms with van der Waals surface area (Å²) in [5.74, 6) is 0. The zero-order valence-corrected chi connectivity index (χ0v) is 13.6. The van der Waals surface area contributed by atoms with Crippen LogP contribution in [0.1, 0.15) is 47.6 Å². The molecule has 0 saturated carbocycles. The summed E-state index contributed by atoms with van der Waals surface area (Å²) < 4.78 is 13.6. The maximum absolute atomic E-state index is 12.0. The average molecular weight is 298 g/mol. The number of hydrogen-bond acceptors (Lipinski definition) is 3. The van der Waals surface area contributed by atoms with E-state index >= 15 is 0 Å². The molecule has 1 fully saturated rings. The van der Waals surface area contributed by atoms with Gasteiger partial charge >= 0.3 is 7.12 Å². The minimum Gasteiger partial charge on any atom is -0.399 e. The summed E-state index contributed by atoms with van der Waals surface area (Å²) in [6.07, 6.45) is 1.76. The summed E-state index contributed by atoms with van der Waals surface area (Å²) in [4.78, 5) is 12.0. The number of rotatable bonds is 2. The molecule has 2 rings (SSSR count). The van der Waals surface area contributed by atoms with Gasteiger partial charge in [-0.1, -0.05) is 11.6 Å². The molecule has 4 nitrogen and oxygen atoms in total. The number of hydrogen-bond donors (Lipinski definition) is 0. The summed E-state index contributed by atoms with van der Waals surface area (Å²) in [6.45, 7) is 11.8. The summed E-state index contributed by atoms with van der Waals surface area (Å²) in [7, 11) is -0.511. The van der Waals surface area contributed by atoms with E-state index < -0.39 is 18.3 Å². The van der Waals surface area contributed by atoms with Gasteiger partial charge in [0.15, 0.2) is 0 Å². The van der Waals surface area contributed by atoms with Gasteiger partial charge in [0.1, 0.15) is 5.02 Å². The first kappa shape index (κ1) is 15.6. The molecule has 2 heterocycles. The Morgan fingerprint density at radius 3 is 2.15 bits per heavy atom. The number of halogens is 1. The standard InChI is InChI=1S/C14H21BClNO3/c1-9(2)17-8-10(7-11(16)12(17)18)15-19-13(3,4)14(5,6)20-15/h7-9H,1-6H3. The van der Waals surface area contributed by atoms with Gasteiger partial charge in [-0.15, -0.1) is 0 Å². The molecule has 1 aliphatic heterocycles. The molecule has 0 spiro atoms. The highest BCUT2D eigenvalue weighted by Gasteiger charge is 2.51. The van der Waals surface area contributed by atoms with Gasteiger partial charge in [-0.25, -0.2) is 0 Å². The molecule has 1 aromatic heterocycles. The summed E-state index contributed by atoms with van der Waals surface area (Å²) >= 11 is 6.04. The highest BCUT2D eigenvalue weighted by molar-refractivity contribution is 6.62. The van der Waals surface area contributed by atoms with Crippen molar-refractivity contribution in [3.05, 3.63) is 27.6 Å². The van der Waals surface area contributed by atoms with Crippen molar-refractivity contribution in [1.82, 2.24) is 4.57 Å². The lowest BCUT2D eigenvalue weighted by Gasteiger charge is -2.32. The molecule has 0 aliphatic carbocycles. The molecule has 6 heteroatoms. The third-order valence-corrected chi connectivity index (χ3v) is 4.37. The van der Waals surface area contributed by atoms with E-state index in [0.29, 0.717) is 0 Å². The van der Waals surface area contributed by atoms with Crippen LogP contribution in [0.3, 0.4) is 0 Å². The van der Waals surface area contributed by atoms with E-state index in [0.717, 1.165) is 5.46 Å². The molecule has 1 aliphatic rings. The van der Waals surface area contributed by atoms with Crippen LogP contribution in [0.4, 0.5) is 0 Å². The number of nitrogens with zero attached hydrogens (tertiary/aromatic N) is 1. The first-order valence-corrected chi connectivity index (χ1v) is 7.20. The zero-order valence-electron chi connectivity index (χ0n) is 12.9. The summed E-state index contributed by atoms with van der Waals surface area (Å²) in [5.41, 5.74) is -0.254. The Morgan fingerprint density at radius 1 is 1.20 bits per heavy atom. The monoisotopic (exact) mass is 297 g/mol. The Hall–Kier alpha value is -0.775. The zero-order chi connectivity index (χ0) is 15.3. The number of pyridine rings is 1. The van der Waals surface area contributed by atoms with Gasteiger partial charge in [-0.2, -0.15) is 0 Å². The molecule has 0 bridgehead atoms. The average Bonchev–Trinajstić information content (AvgIpc) is 2.51. The van der Waals surface area contributed by atoms with E-state index in [2.05, 4.69) is 0 Å². The molecule has 20 heavy (non-hydrogen) atoms. The van der Waals surface area contributed by atoms with Crippen LogP contribution in [0.25, 0.3) is 0 Å². The highest BCUT2D eigenvalue weighted by Crippen LogP contribution is 2.36. The fourth-order valence-electron chi connectivity index (χ4n) is 2.08. The van der Waals surface area contributed by atoms with E-state index in [1.165, 1.54) is 0 Å². The van der Waals surface area contributed by atoms with Crippen molar-refractivity contribution in [3.63, 3.8) is 0 Å². The lowest BCUT2D eigenvalue weighted by Crippen LogP contribution is -2.41. The van der Waals surface area contributed by atoms with Crippen LogP contribution in [0.2, 0.25) is 5.02 Å². The molecule has 0 unspecified atom stereocenters. The van der Waals surface area contributed by atoms with Crippen LogP contribution < -0.4 is 11.0 Å².